The zero-order valence-electron chi connectivity index (χ0n) is 6.70. The molecule has 1 rings (SSSR count). The zero-order valence-corrected chi connectivity index (χ0v) is 6.70. The van der Waals surface area contributed by atoms with Crippen LogP contribution in [-0.2, 0) is 0 Å². The van der Waals surface area contributed by atoms with Gasteiger partial charge in [0.25, 0.3) is 0 Å². The van der Waals surface area contributed by atoms with Crippen molar-refractivity contribution in [2.24, 2.45) is 0 Å². The summed E-state index contributed by atoms with van der Waals surface area (Å²) in [5.74, 6) is 3.42. The quantitative estimate of drug-likeness (QED) is 0.552. The third-order valence-electron chi connectivity index (χ3n) is 1.37. The molecule has 0 atom stereocenters. The van der Waals surface area contributed by atoms with Crippen LogP contribution in [0.2, 0.25) is 0 Å². The first-order chi connectivity index (χ1) is 5.25. The lowest BCUT2D eigenvalue weighted by Gasteiger charge is -2.11. The van der Waals surface area contributed by atoms with Crippen molar-refractivity contribution in [3.63, 3.8) is 0 Å². The fourth-order valence-electron chi connectivity index (χ4n) is 0.866. The van der Waals surface area contributed by atoms with Gasteiger partial charge in [0.1, 0.15) is 5.82 Å². The Morgan fingerprint density at radius 1 is 1.55 bits per heavy atom. The molecule has 11 heavy (non-hydrogen) atoms. The van der Waals surface area contributed by atoms with Crippen molar-refractivity contribution in [2.45, 2.75) is 0 Å². The Kier molecular flexibility index (Phi) is 2.12. The second-order valence-corrected chi connectivity index (χ2v) is 2.41. The monoisotopic (exact) mass is 146 g/mol. The lowest BCUT2D eigenvalue weighted by Crippen LogP contribution is -2.11. The van der Waals surface area contributed by atoms with Crippen LogP contribution in [0.5, 0.6) is 0 Å². The number of pyridine rings is 1. The Hall–Kier alpha value is -1.49. The van der Waals surface area contributed by atoms with Crippen LogP contribution in [0.3, 0.4) is 0 Å². The molecule has 0 N–H and O–H groups in total. The predicted octanol–water partition coefficient (Wildman–Crippen LogP) is 1.13. The third kappa shape index (κ3) is 1.50. The average Bonchev–Trinajstić information content (AvgIpc) is 2.04. The molecule has 0 unspecified atom stereocenters. The second-order valence-electron chi connectivity index (χ2n) is 2.41. The van der Waals surface area contributed by atoms with Crippen LogP contribution >= 0.6 is 0 Å². The van der Waals surface area contributed by atoms with Crippen LogP contribution in [0.1, 0.15) is 5.56 Å². The van der Waals surface area contributed by atoms with Gasteiger partial charge in [-0.2, -0.15) is 0 Å². The predicted molar refractivity (Wildman–Crippen MR) is 46.5 cm³/mol. The maximum atomic E-state index is 5.27. The van der Waals surface area contributed by atoms with Crippen LogP contribution < -0.4 is 4.90 Å². The second kappa shape index (κ2) is 3.07. The van der Waals surface area contributed by atoms with Crippen LogP contribution in [-0.4, -0.2) is 19.1 Å². The molecule has 0 spiro atoms. The Morgan fingerprint density at radius 2 is 2.27 bits per heavy atom. The maximum Gasteiger partial charge on any atom is 0.143 e. The number of rotatable bonds is 1. The Balaban J connectivity index is 3.15. The lowest BCUT2D eigenvalue weighted by atomic mass is 10.2. The fraction of sp³-hybridized carbons (Fsp3) is 0.222. The first-order valence-electron chi connectivity index (χ1n) is 3.34. The molecule has 1 aromatic heterocycles. The van der Waals surface area contributed by atoms with Gasteiger partial charge in [-0.15, -0.1) is 6.42 Å². The smallest absolute Gasteiger partial charge is 0.143 e. The molecule has 1 heterocycles. The molecule has 0 aliphatic rings. The first-order valence-corrected chi connectivity index (χ1v) is 3.34. The molecule has 0 saturated carbocycles. The van der Waals surface area contributed by atoms with Gasteiger partial charge in [-0.1, -0.05) is 5.92 Å². The van der Waals surface area contributed by atoms with E-state index in [0.29, 0.717) is 0 Å². The molecule has 0 bridgehead atoms. The number of anilines is 1. The lowest BCUT2D eigenvalue weighted by molar-refractivity contribution is 1.06. The summed E-state index contributed by atoms with van der Waals surface area (Å²) in [5.41, 5.74) is 0.831. The van der Waals surface area contributed by atoms with Crippen molar-refractivity contribution < 1.29 is 0 Å². The molecular formula is C9H10N2. The molecule has 0 amide bonds. The van der Waals surface area contributed by atoms with Crippen molar-refractivity contribution in [2.75, 3.05) is 19.0 Å². The summed E-state index contributed by atoms with van der Waals surface area (Å²) in [5, 5.41) is 0. The van der Waals surface area contributed by atoms with Gasteiger partial charge in [0.15, 0.2) is 0 Å². The Morgan fingerprint density at radius 3 is 2.73 bits per heavy atom. The number of nitrogens with zero attached hydrogens (tertiary/aromatic N) is 2. The van der Waals surface area contributed by atoms with Gasteiger partial charge in [0.2, 0.25) is 0 Å². The van der Waals surface area contributed by atoms with Crippen LogP contribution in [0, 0.1) is 12.3 Å². The normalized spacial score (nSPS) is 8.82. The molecule has 1 aromatic rings. The van der Waals surface area contributed by atoms with Crippen molar-refractivity contribution in [3.05, 3.63) is 23.9 Å². The molecule has 2 nitrogen and oxygen atoms in total. The number of aromatic nitrogens is 1. The SMILES string of the molecule is C#Cc1cccnc1N(C)C. The van der Waals surface area contributed by atoms with Gasteiger partial charge < -0.3 is 4.90 Å². The fourth-order valence-corrected chi connectivity index (χ4v) is 0.866. The summed E-state index contributed by atoms with van der Waals surface area (Å²) in [6.07, 6.45) is 7.00. The summed E-state index contributed by atoms with van der Waals surface area (Å²) >= 11 is 0. The summed E-state index contributed by atoms with van der Waals surface area (Å²) in [4.78, 5) is 6.03. The van der Waals surface area contributed by atoms with E-state index in [1.54, 1.807) is 6.20 Å². The highest BCUT2D eigenvalue weighted by atomic mass is 15.1. The number of hydrogen-bond donors (Lipinski definition) is 0. The van der Waals surface area contributed by atoms with E-state index >= 15 is 0 Å². The van der Waals surface area contributed by atoms with E-state index in [-0.39, 0.29) is 0 Å². The minimum atomic E-state index is 0.831. The van der Waals surface area contributed by atoms with E-state index in [0.717, 1.165) is 11.4 Å². The average molecular weight is 146 g/mol. The molecule has 0 radical (unpaired) electrons. The van der Waals surface area contributed by atoms with Crippen molar-refractivity contribution in [3.8, 4) is 12.3 Å². The van der Waals surface area contributed by atoms with Gasteiger partial charge in [-0.05, 0) is 12.1 Å². The van der Waals surface area contributed by atoms with Gasteiger partial charge >= 0.3 is 0 Å². The van der Waals surface area contributed by atoms with E-state index in [1.165, 1.54) is 0 Å². The van der Waals surface area contributed by atoms with E-state index < -0.39 is 0 Å². The molecule has 0 saturated heterocycles. The van der Waals surface area contributed by atoms with Crippen LogP contribution in [0.25, 0.3) is 0 Å². The number of hydrogen-bond acceptors (Lipinski definition) is 2. The van der Waals surface area contributed by atoms with Gasteiger partial charge in [-0.25, -0.2) is 4.98 Å². The molecule has 0 aliphatic heterocycles. The van der Waals surface area contributed by atoms with E-state index in [9.17, 15) is 0 Å². The molecule has 0 aromatic carbocycles. The van der Waals surface area contributed by atoms with E-state index in [1.807, 2.05) is 31.1 Å². The molecular weight excluding hydrogens is 136 g/mol. The topological polar surface area (TPSA) is 16.1 Å². The third-order valence-corrected chi connectivity index (χ3v) is 1.37. The highest BCUT2D eigenvalue weighted by Gasteiger charge is 2.00. The molecule has 56 valence electrons. The van der Waals surface area contributed by atoms with Gasteiger partial charge in [0, 0.05) is 20.3 Å². The van der Waals surface area contributed by atoms with Crippen LogP contribution in [0.15, 0.2) is 18.3 Å². The molecule has 2 heteroatoms. The molecule has 0 fully saturated rings. The van der Waals surface area contributed by atoms with Crippen LogP contribution in [0.4, 0.5) is 5.82 Å². The number of terminal acetylenes is 1. The summed E-state index contributed by atoms with van der Waals surface area (Å²) in [6.45, 7) is 0. The van der Waals surface area contributed by atoms with Gasteiger partial charge in [-0.3, -0.25) is 0 Å². The largest absolute Gasteiger partial charge is 0.362 e. The van der Waals surface area contributed by atoms with Crippen molar-refractivity contribution in [1.82, 2.24) is 4.98 Å². The Labute approximate surface area is 66.9 Å². The zero-order chi connectivity index (χ0) is 8.27. The minimum Gasteiger partial charge on any atom is -0.362 e. The molecule has 0 aliphatic carbocycles. The van der Waals surface area contributed by atoms with E-state index in [2.05, 4.69) is 10.9 Å². The first kappa shape index (κ1) is 7.62. The van der Waals surface area contributed by atoms with Crippen molar-refractivity contribution in [1.29, 1.82) is 0 Å². The Bertz CT molecular complexity index is 284. The van der Waals surface area contributed by atoms with E-state index in [4.69, 9.17) is 6.42 Å². The summed E-state index contributed by atoms with van der Waals surface area (Å²) in [7, 11) is 3.84. The standard InChI is InChI=1S/C9H10N2/c1-4-8-6-5-7-10-9(8)11(2)3/h1,5-7H,2-3H3. The van der Waals surface area contributed by atoms with Crippen molar-refractivity contribution >= 4 is 5.82 Å². The summed E-state index contributed by atoms with van der Waals surface area (Å²) in [6, 6.07) is 3.71. The maximum absolute atomic E-state index is 5.27. The minimum absolute atomic E-state index is 0.831. The highest BCUT2D eigenvalue weighted by Crippen LogP contribution is 2.11. The summed E-state index contributed by atoms with van der Waals surface area (Å²) < 4.78 is 0. The highest BCUT2D eigenvalue weighted by molar-refractivity contribution is 5.53. The van der Waals surface area contributed by atoms with Gasteiger partial charge in [0.05, 0.1) is 5.56 Å².